The zero-order valence-electron chi connectivity index (χ0n) is 21.0. The van der Waals surface area contributed by atoms with E-state index in [1.54, 1.807) is 0 Å². The fourth-order valence-electron chi connectivity index (χ4n) is 3.39. The number of carboxylic acid groups (broad SMARTS) is 1. The normalized spacial score (nSPS) is 11.6. The van der Waals surface area contributed by atoms with Crippen LogP contribution in [0.25, 0.3) is 22.3 Å². The van der Waals surface area contributed by atoms with Gasteiger partial charge in [-0.05, 0) is 40.2 Å². The molecule has 0 radical (unpaired) electrons. The molecule has 2 heterocycles. The van der Waals surface area contributed by atoms with Gasteiger partial charge in [-0.25, -0.2) is 19.4 Å². The van der Waals surface area contributed by atoms with Gasteiger partial charge in [0.25, 0.3) is 0 Å². The van der Waals surface area contributed by atoms with Crippen LogP contribution in [0.15, 0.2) is 30.6 Å². The molecule has 0 saturated heterocycles. The Balaban J connectivity index is 0.000000604. The maximum atomic E-state index is 12.2. The number of carbonyl (C=O) groups excluding carboxylic acids is 1. The molecule has 1 amide bonds. The Morgan fingerprint density at radius 1 is 1.08 bits per heavy atom. The topological polar surface area (TPSA) is 162 Å². The lowest BCUT2D eigenvalue weighted by atomic mass is 10.1. The number of aliphatic carboxylic acids is 1. The Labute approximate surface area is 212 Å². The molecule has 1 aromatic carbocycles. The van der Waals surface area contributed by atoms with Gasteiger partial charge in [0.1, 0.15) is 17.8 Å². The summed E-state index contributed by atoms with van der Waals surface area (Å²) in [5.41, 5.74) is 14.7. The number of anilines is 1. The minimum absolute atomic E-state index is 0.0319. The van der Waals surface area contributed by atoms with Gasteiger partial charge in [-0.3, -0.25) is 4.79 Å². The summed E-state index contributed by atoms with van der Waals surface area (Å²) in [6.07, 6.45) is -0.385. The van der Waals surface area contributed by atoms with Crippen LogP contribution in [-0.4, -0.2) is 56.0 Å². The molecule has 0 aliphatic rings. The second kappa shape index (κ2) is 12.5. The molecule has 10 nitrogen and oxygen atoms in total. The maximum Gasteiger partial charge on any atom is 0.490 e. The number of amides is 1. The lowest BCUT2D eigenvalue weighted by Crippen LogP contribution is -2.41. The first-order chi connectivity index (χ1) is 17.3. The third-order valence-corrected chi connectivity index (χ3v) is 5.46. The van der Waals surface area contributed by atoms with Crippen LogP contribution in [-0.2, 0) is 15.1 Å². The van der Waals surface area contributed by atoms with Gasteiger partial charge in [0, 0.05) is 18.5 Å². The van der Waals surface area contributed by atoms with Crippen LogP contribution in [0.4, 0.5) is 19.0 Å². The number of rotatable bonds is 9. The van der Waals surface area contributed by atoms with Crippen molar-refractivity contribution >= 4 is 28.7 Å². The third kappa shape index (κ3) is 8.13. The Morgan fingerprint density at radius 3 is 2.27 bits per heavy atom. The van der Waals surface area contributed by atoms with Crippen molar-refractivity contribution in [1.82, 2.24) is 25.1 Å². The van der Waals surface area contributed by atoms with Crippen molar-refractivity contribution in [3.8, 4) is 11.3 Å². The number of fused-ring (bicyclic) bond motifs is 1. The van der Waals surface area contributed by atoms with E-state index in [1.165, 1.54) is 11.9 Å². The predicted molar refractivity (Wildman–Crippen MR) is 133 cm³/mol. The summed E-state index contributed by atoms with van der Waals surface area (Å²) in [5, 5.41) is 15.7. The number of hydrogen-bond acceptors (Lipinski definition) is 7. The third-order valence-electron chi connectivity index (χ3n) is 5.46. The zero-order valence-corrected chi connectivity index (χ0v) is 21.0. The van der Waals surface area contributed by atoms with Crippen molar-refractivity contribution in [2.45, 2.75) is 58.2 Å². The van der Waals surface area contributed by atoms with Crippen LogP contribution in [0, 0.1) is 6.92 Å². The fourth-order valence-corrected chi connectivity index (χ4v) is 3.39. The maximum absolute atomic E-state index is 12.2. The second-order valence-corrected chi connectivity index (χ2v) is 9.08. The number of aromatic nitrogens is 4. The Hall–Kier alpha value is -3.74. The minimum Gasteiger partial charge on any atom is -0.475 e. The van der Waals surface area contributed by atoms with E-state index >= 15 is 0 Å². The highest BCUT2D eigenvalue weighted by Gasteiger charge is 2.38. The molecule has 13 heteroatoms. The molecule has 3 rings (SSSR count). The van der Waals surface area contributed by atoms with Gasteiger partial charge in [0.2, 0.25) is 5.91 Å². The molecule has 3 aromatic rings. The number of benzene rings is 1. The molecule has 0 bridgehead atoms. The lowest BCUT2D eigenvalue weighted by molar-refractivity contribution is -0.192. The predicted octanol–water partition coefficient (Wildman–Crippen LogP) is 3.39. The van der Waals surface area contributed by atoms with Gasteiger partial charge in [-0.15, -0.1) is 0 Å². The fraction of sp³-hybridized carbons (Fsp3) is 0.458. The molecule has 6 N–H and O–H groups in total. The Bertz CT molecular complexity index is 1210. The van der Waals surface area contributed by atoms with E-state index in [2.05, 4.69) is 15.3 Å². The smallest absolute Gasteiger partial charge is 0.475 e. The summed E-state index contributed by atoms with van der Waals surface area (Å²) < 4.78 is 33.6. The van der Waals surface area contributed by atoms with Gasteiger partial charge in [-0.1, -0.05) is 36.2 Å². The van der Waals surface area contributed by atoms with Gasteiger partial charge in [-0.2, -0.15) is 18.3 Å². The van der Waals surface area contributed by atoms with Crippen LogP contribution in [0.5, 0.6) is 0 Å². The van der Waals surface area contributed by atoms with E-state index in [0.29, 0.717) is 31.0 Å². The molecule has 37 heavy (non-hydrogen) atoms. The summed E-state index contributed by atoms with van der Waals surface area (Å²) in [4.78, 5) is 29.8. The van der Waals surface area contributed by atoms with Crippen LogP contribution < -0.4 is 16.8 Å². The molecule has 0 spiro atoms. The molecule has 2 aromatic heterocycles. The molecular formula is C24H32F3N7O3. The molecule has 0 aliphatic heterocycles. The van der Waals surface area contributed by atoms with Crippen molar-refractivity contribution in [2.75, 3.05) is 18.8 Å². The summed E-state index contributed by atoms with van der Waals surface area (Å²) in [5.74, 6) is -2.33. The van der Waals surface area contributed by atoms with Crippen molar-refractivity contribution in [2.24, 2.45) is 5.73 Å². The highest BCUT2D eigenvalue weighted by atomic mass is 19.4. The molecule has 0 atom stereocenters. The number of nitrogens with one attached hydrogen (secondary N) is 1. The number of hydrogen-bond donors (Lipinski definition) is 4. The van der Waals surface area contributed by atoms with E-state index in [0.717, 1.165) is 35.9 Å². The number of nitrogen functional groups attached to an aromatic ring is 1. The monoisotopic (exact) mass is 523 g/mol. The lowest BCUT2D eigenvalue weighted by Gasteiger charge is -2.26. The number of carboxylic acids is 1. The van der Waals surface area contributed by atoms with Crippen LogP contribution in [0.2, 0.25) is 0 Å². The number of alkyl halides is 3. The number of carbonyl (C=O) groups is 2. The number of aryl methyl sites for hydroxylation is 1. The minimum atomic E-state index is -5.08. The highest BCUT2D eigenvalue weighted by Crippen LogP contribution is 2.33. The van der Waals surface area contributed by atoms with Crippen LogP contribution in [0.1, 0.15) is 45.1 Å². The van der Waals surface area contributed by atoms with Crippen LogP contribution in [0.3, 0.4) is 0 Å². The van der Waals surface area contributed by atoms with Gasteiger partial charge >= 0.3 is 12.1 Å². The van der Waals surface area contributed by atoms with E-state index < -0.39 is 17.7 Å². The largest absolute Gasteiger partial charge is 0.490 e. The van der Waals surface area contributed by atoms with Crippen LogP contribution >= 0.6 is 0 Å². The Morgan fingerprint density at radius 2 is 1.70 bits per heavy atom. The van der Waals surface area contributed by atoms with Crippen molar-refractivity contribution in [3.63, 3.8) is 0 Å². The number of nitrogens with zero attached hydrogens (tertiary/aromatic N) is 4. The van der Waals surface area contributed by atoms with Crippen molar-refractivity contribution in [3.05, 3.63) is 36.2 Å². The number of nitrogens with two attached hydrogens (primary N) is 2. The Kier molecular flexibility index (Phi) is 9.95. The van der Waals surface area contributed by atoms with E-state index in [-0.39, 0.29) is 5.91 Å². The number of halogens is 3. The summed E-state index contributed by atoms with van der Waals surface area (Å²) in [6.45, 7) is 7.17. The zero-order chi connectivity index (χ0) is 27.8. The quantitative estimate of drug-likeness (QED) is 0.310. The first-order valence-electron chi connectivity index (χ1n) is 11.6. The first kappa shape index (κ1) is 29.5. The second-order valence-electron chi connectivity index (χ2n) is 9.08. The SMILES string of the molecule is Cc1ccc(-c2nn(C(C)(C)CNC(=O)CCCCCN)c3ncnc(N)c23)cc1.O=C(O)C(F)(F)F. The summed E-state index contributed by atoms with van der Waals surface area (Å²) in [7, 11) is 0. The average molecular weight is 524 g/mol. The van der Waals surface area contributed by atoms with Gasteiger partial charge in [0.15, 0.2) is 5.65 Å². The molecule has 0 aliphatic carbocycles. The van der Waals surface area contributed by atoms with E-state index in [4.69, 9.17) is 26.5 Å². The van der Waals surface area contributed by atoms with Crippen molar-refractivity contribution < 1.29 is 27.9 Å². The molecule has 202 valence electrons. The van der Waals surface area contributed by atoms with E-state index in [1.807, 2.05) is 49.7 Å². The summed E-state index contributed by atoms with van der Waals surface area (Å²) in [6, 6.07) is 8.11. The first-order valence-corrected chi connectivity index (χ1v) is 11.6. The van der Waals surface area contributed by atoms with Gasteiger partial charge in [0.05, 0.1) is 10.9 Å². The van der Waals surface area contributed by atoms with Crippen molar-refractivity contribution in [1.29, 1.82) is 0 Å². The summed E-state index contributed by atoms with van der Waals surface area (Å²) >= 11 is 0. The standard InChI is InChI=1S/C22H31N7O.C2HF3O2/c1-15-8-10-16(11-9-15)19-18-20(24)26-14-27-21(18)29(28-19)22(2,3)13-25-17(30)7-5-4-6-12-23;3-2(4,5)1(6)7/h8-11,14H,4-7,12-13,23H2,1-3H3,(H,25,30)(H2,24,26,27);(H,6,7). The highest BCUT2D eigenvalue weighted by molar-refractivity contribution is 5.98. The average Bonchev–Trinajstić information content (AvgIpc) is 3.23. The van der Waals surface area contributed by atoms with Gasteiger partial charge < -0.3 is 21.9 Å². The number of unbranched alkanes of at least 4 members (excludes halogenated alkanes) is 2. The van der Waals surface area contributed by atoms with E-state index in [9.17, 15) is 18.0 Å². The molecule has 0 saturated carbocycles. The molecule has 0 unspecified atom stereocenters. The molecule has 0 fully saturated rings. The molecular weight excluding hydrogens is 491 g/mol.